The Bertz CT molecular complexity index is 1040. The maximum absolute atomic E-state index is 13.9. The first kappa shape index (κ1) is 39.8. The van der Waals surface area contributed by atoms with Crippen molar-refractivity contribution in [2.75, 3.05) is 65.0 Å². The molecular formula is C36H65N5O5. The lowest BCUT2D eigenvalue weighted by Crippen LogP contribution is -2.49. The first-order valence-electron chi connectivity index (χ1n) is 17.6. The molecule has 1 aliphatic heterocycles. The molecule has 2 amide bonds. The van der Waals surface area contributed by atoms with Crippen LogP contribution in [0.25, 0.3) is 0 Å². The number of benzene rings is 1. The van der Waals surface area contributed by atoms with Gasteiger partial charge in [0.1, 0.15) is 5.75 Å². The van der Waals surface area contributed by atoms with E-state index in [1.807, 2.05) is 39.1 Å². The smallest absolute Gasteiger partial charge is 0.257 e. The fourth-order valence-corrected chi connectivity index (χ4v) is 6.08. The van der Waals surface area contributed by atoms with Gasteiger partial charge in [0.25, 0.3) is 5.91 Å². The number of aliphatic hydroxyl groups is 1. The van der Waals surface area contributed by atoms with Crippen molar-refractivity contribution in [2.45, 2.75) is 98.3 Å². The molecule has 10 heteroatoms. The van der Waals surface area contributed by atoms with E-state index >= 15 is 0 Å². The Balaban J connectivity index is 2.14. The van der Waals surface area contributed by atoms with E-state index in [9.17, 15) is 14.7 Å². The molecule has 46 heavy (non-hydrogen) atoms. The Morgan fingerprint density at radius 3 is 2.48 bits per heavy atom. The number of anilines is 1. The Morgan fingerprint density at radius 2 is 1.85 bits per heavy atom. The number of nitrogens with two attached hydrogens (primary N) is 1. The molecule has 0 spiro atoms. The molecule has 1 aromatic rings. The van der Waals surface area contributed by atoms with Gasteiger partial charge in [-0.25, -0.2) is 0 Å². The van der Waals surface area contributed by atoms with Crippen LogP contribution in [0.3, 0.4) is 0 Å². The zero-order chi connectivity index (χ0) is 34.2. The molecule has 1 heterocycles. The van der Waals surface area contributed by atoms with Gasteiger partial charge in [0.05, 0.1) is 18.3 Å². The summed E-state index contributed by atoms with van der Waals surface area (Å²) in [5.41, 5.74) is 8.18. The Hall–Kier alpha value is -2.40. The molecule has 1 fully saturated rings. The number of rotatable bonds is 21. The number of carbonyl (C=O) groups is 2. The average molecular weight is 648 g/mol. The summed E-state index contributed by atoms with van der Waals surface area (Å²) in [5, 5.41) is 17.6. The normalized spacial score (nSPS) is 17.9. The summed E-state index contributed by atoms with van der Waals surface area (Å²) in [6.45, 7) is 17.6. The molecule has 0 aliphatic carbocycles. The van der Waals surface area contributed by atoms with Crippen LogP contribution in [0.15, 0.2) is 18.2 Å². The molecule has 1 aromatic carbocycles. The van der Waals surface area contributed by atoms with Crippen LogP contribution in [0.2, 0.25) is 0 Å². The van der Waals surface area contributed by atoms with Crippen LogP contribution in [0, 0.1) is 23.7 Å². The number of nitrogens with one attached hydrogen (secondary N) is 2. The number of amides is 2. The van der Waals surface area contributed by atoms with Gasteiger partial charge in [0.2, 0.25) is 5.91 Å². The fraction of sp³-hybridized carbons (Fsp3) is 0.778. The van der Waals surface area contributed by atoms with Gasteiger partial charge in [-0.05, 0) is 68.9 Å². The highest BCUT2D eigenvalue weighted by Gasteiger charge is 2.31. The molecule has 1 unspecified atom stereocenters. The zero-order valence-corrected chi connectivity index (χ0v) is 30.0. The number of unbranched alkanes of at least 4 members (excludes halogenated alkanes) is 2. The lowest BCUT2D eigenvalue weighted by molar-refractivity contribution is -0.127. The third-order valence-electron chi connectivity index (χ3n) is 9.36. The Morgan fingerprint density at radius 1 is 1.13 bits per heavy atom. The van der Waals surface area contributed by atoms with Gasteiger partial charge < -0.3 is 40.7 Å². The van der Waals surface area contributed by atoms with Crippen LogP contribution < -0.4 is 26.0 Å². The summed E-state index contributed by atoms with van der Waals surface area (Å²) in [5.74, 6) is 0.562. The largest absolute Gasteiger partial charge is 0.493 e. The van der Waals surface area contributed by atoms with E-state index < -0.39 is 12.1 Å². The van der Waals surface area contributed by atoms with Gasteiger partial charge >= 0.3 is 0 Å². The topological polar surface area (TPSA) is 129 Å². The van der Waals surface area contributed by atoms with Crippen molar-refractivity contribution in [3.05, 3.63) is 23.8 Å². The number of carbonyl (C=O) groups excluding carboxylic acids is 2. The highest BCUT2D eigenvalue weighted by atomic mass is 16.5. The second-order valence-electron chi connectivity index (χ2n) is 13.9. The molecule has 0 bridgehead atoms. The fourth-order valence-electron chi connectivity index (χ4n) is 6.08. The van der Waals surface area contributed by atoms with Crippen LogP contribution in [0.5, 0.6) is 5.75 Å². The summed E-state index contributed by atoms with van der Waals surface area (Å²) in [7, 11) is 3.52. The number of ether oxygens (including phenoxy) is 2. The van der Waals surface area contributed by atoms with Crippen LogP contribution in [0.4, 0.5) is 5.69 Å². The minimum Gasteiger partial charge on any atom is -0.493 e. The van der Waals surface area contributed by atoms with E-state index in [0.29, 0.717) is 56.5 Å². The van der Waals surface area contributed by atoms with E-state index in [2.05, 4.69) is 43.2 Å². The third kappa shape index (κ3) is 12.7. The predicted octanol–water partition coefficient (Wildman–Crippen LogP) is 4.29. The predicted molar refractivity (Wildman–Crippen MR) is 187 cm³/mol. The second kappa shape index (κ2) is 20.8. The van der Waals surface area contributed by atoms with Crippen LogP contribution >= 0.6 is 0 Å². The van der Waals surface area contributed by atoms with Gasteiger partial charge in [-0.15, -0.1) is 0 Å². The molecule has 1 saturated heterocycles. The van der Waals surface area contributed by atoms with Crippen LogP contribution in [-0.4, -0.2) is 100 Å². The van der Waals surface area contributed by atoms with Crippen molar-refractivity contribution in [2.24, 2.45) is 29.4 Å². The first-order valence-corrected chi connectivity index (χ1v) is 17.6. The van der Waals surface area contributed by atoms with E-state index in [-0.39, 0.29) is 35.5 Å². The average Bonchev–Trinajstić information content (AvgIpc) is 3.02. The number of piperazine rings is 1. The monoisotopic (exact) mass is 647 g/mol. The number of hydrogen-bond acceptors (Lipinski definition) is 8. The molecule has 1 aliphatic rings. The van der Waals surface area contributed by atoms with Crippen molar-refractivity contribution in [3.63, 3.8) is 0 Å². The van der Waals surface area contributed by atoms with E-state index in [1.165, 1.54) is 0 Å². The standard InChI is InChI=1S/C36H65N5O5/c1-9-10-15-39-35(43)31(26(4)5)22-33(42)32(37)20-28(25(2)3)24-40(7)36(44)30-14-13-29(41-17-16-38-23-27(41)6)21-34(30)46-19-12-11-18-45-8/h13-14,21,25-28,31-33,38,42H,9-12,15-20,22-24,37H2,1-8H3,(H,39,43)/t27-,28?,31-,32-,33-/m0/s1. The van der Waals surface area contributed by atoms with Crippen molar-refractivity contribution in [1.82, 2.24) is 15.5 Å². The maximum atomic E-state index is 13.9. The lowest BCUT2D eigenvalue weighted by Gasteiger charge is -2.36. The molecule has 0 radical (unpaired) electrons. The van der Waals surface area contributed by atoms with E-state index in [4.69, 9.17) is 15.2 Å². The number of aliphatic hydroxyl groups excluding tert-OH is 1. The van der Waals surface area contributed by atoms with Crippen molar-refractivity contribution >= 4 is 17.5 Å². The molecule has 5 N–H and O–H groups in total. The summed E-state index contributed by atoms with van der Waals surface area (Å²) < 4.78 is 11.4. The summed E-state index contributed by atoms with van der Waals surface area (Å²) in [6.07, 6.45) is 3.71. The number of hydrogen-bond donors (Lipinski definition) is 4. The van der Waals surface area contributed by atoms with Gasteiger partial charge in [-0.2, -0.15) is 0 Å². The molecular weight excluding hydrogens is 582 g/mol. The minimum absolute atomic E-state index is 0.0189. The second-order valence-corrected chi connectivity index (χ2v) is 13.9. The van der Waals surface area contributed by atoms with E-state index in [0.717, 1.165) is 51.0 Å². The quantitative estimate of drug-likeness (QED) is 0.146. The summed E-state index contributed by atoms with van der Waals surface area (Å²) in [4.78, 5) is 30.9. The highest BCUT2D eigenvalue weighted by Crippen LogP contribution is 2.30. The molecule has 0 saturated carbocycles. The minimum atomic E-state index is -0.815. The van der Waals surface area contributed by atoms with Gasteiger partial charge in [0.15, 0.2) is 0 Å². The SMILES string of the molecule is CCCCNC(=O)[C@@H](C[C@H](O)[C@@H](N)CC(CN(C)C(=O)c1ccc(N2CCNC[C@@H]2C)cc1OCCCCOC)C(C)C)C(C)C. The number of nitrogens with zero attached hydrogens (tertiary/aromatic N) is 2. The maximum Gasteiger partial charge on any atom is 0.257 e. The molecule has 10 nitrogen and oxygen atoms in total. The van der Waals surface area contributed by atoms with Crippen molar-refractivity contribution in [3.8, 4) is 5.75 Å². The van der Waals surface area contributed by atoms with Gasteiger partial charge in [0, 0.05) is 83.2 Å². The first-order chi connectivity index (χ1) is 21.9. The third-order valence-corrected chi connectivity index (χ3v) is 9.36. The van der Waals surface area contributed by atoms with Crippen LogP contribution in [-0.2, 0) is 9.53 Å². The molecule has 2 rings (SSSR count). The van der Waals surface area contributed by atoms with Crippen molar-refractivity contribution in [1.29, 1.82) is 0 Å². The lowest BCUT2D eigenvalue weighted by atomic mass is 9.83. The summed E-state index contributed by atoms with van der Waals surface area (Å²) >= 11 is 0. The zero-order valence-electron chi connectivity index (χ0n) is 30.0. The van der Waals surface area contributed by atoms with Crippen LogP contribution in [0.1, 0.15) is 90.4 Å². The molecule has 264 valence electrons. The molecule has 0 aromatic heterocycles. The summed E-state index contributed by atoms with van der Waals surface area (Å²) in [6, 6.07) is 5.76. The van der Waals surface area contributed by atoms with Gasteiger partial charge in [-0.1, -0.05) is 41.0 Å². The van der Waals surface area contributed by atoms with Gasteiger partial charge in [-0.3, -0.25) is 9.59 Å². The Labute approximate surface area is 279 Å². The number of methoxy groups -OCH3 is 1. The van der Waals surface area contributed by atoms with Crippen molar-refractivity contribution < 1.29 is 24.2 Å². The van der Waals surface area contributed by atoms with E-state index in [1.54, 1.807) is 12.0 Å². The molecule has 5 atom stereocenters. The highest BCUT2D eigenvalue weighted by molar-refractivity contribution is 5.97. The Kier molecular flexibility index (Phi) is 17.9.